The summed E-state index contributed by atoms with van der Waals surface area (Å²) in [6.45, 7) is 4.25. The second-order valence-electron chi connectivity index (χ2n) is 5.36. The van der Waals surface area contributed by atoms with Crippen molar-refractivity contribution in [3.05, 3.63) is 65.2 Å². The lowest BCUT2D eigenvalue weighted by molar-refractivity contribution is 0.331. The first-order valence-electron chi connectivity index (χ1n) is 7.19. The third-order valence-corrected chi connectivity index (χ3v) is 3.69. The quantitative estimate of drug-likeness (QED) is 0.859. The molecular formula is C18H24N2. The summed E-state index contributed by atoms with van der Waals surface area (Å²) >= 11 is 0. The van der Waals surface area contributed by atoms with E-state index in [1.54, 1.807) is 0 Å². The van der Waals surface area contributed by atoms with Crippen LogP contribution in [0.25, 0.3) is 0 Å². The third-order valence-electron chi connectivity index (χ3n) is 3.69. The van der Waals surface area contributed by atoms with E-state index in [0.717, 1.165) is 19.5 Å². The van der Waals surface area contributed by atoms with Crippen molar-refractivity contribution in [1.82, 2.24) is 4.90 Å². The summed E-state index contributed by atoms with van der Waals surface area (Å²) in [5.74, 6) is 0. The van der Waals surface area contributed by atoms with E-state index in [-0.39, 0.29) is 0 Å². The minimum Gasteiger partial charge on any atom is -0.388 e. The van der Waals surface area contributed by atoms with Crippen LogP contribution < -0.4 is 5.32 Å². The molecule has 0 aliphatic carbocycles. The van der Waals surface area contributed by atoms with Crippen molar-refractivity contribution >= 4 is 5.69 Å². The van der Waals surface area contributed by atoms with Crippen LogP contribution in [0.1, 0.15) is 16.7 Å². The molecule has 0 radical (unpaired) electrons. The van der Waals surface area contributed by atoms with Crippen molar-refractivity contribution in [2.45, 2.75) is 19.9 Å². The van der Waals surface area contributed by atoms with Crippen molar-refractivity contribution in [3.63, 3.8) is 0 Å². The van der Waals surface area contributed by atoms with E-state index >= 15 is 0 Å². The van der Waals surface area contributed by atoms with Gasteiger partial charge in [0.25, 0.3) is 0 Å². The summed E-state index contributed by atoms with van der Waals surface area (Å²) < 4.78 is 0. The highest BCUT2D eigenvalue weighted by atomic mass is 15.1. The predicted octanol–water partition coefficient (Wildman–Crippen LogP) is 3.71. The first-order chi connectivity index (χ1) is 9.69. The van der Waals surface area contributed by atoms with Crippen LogP contribution >= 0.6 is 0 Å². The third kappa shape index (κ3) is 4.10. The molecule has 20 heavy (non-hydrogen) atoms. The van der Waals surface area contributed by atoms with E-state index in [4.69, 9.17) is 0 Å². The van der Waals surface area contributed by atoms with Gasteiger partial charge in [-0.05, 0) is 49.2 Å². The summed E-state index contributed by atoms with van der Waals surface area (Å²) in [7, 11) is 4.14. The van der Waals surface area contributed by atoms with Gasteiger partial charge in [0.1, 0.15) is 0 Å². The highest BCUT2D eigenvalue weighted by Crippen LogP contribution is 2.12. The Morgan fingerprint density at radius 1 is 1.05 bits per heavy atom. The van der Waals surface area contributed by atoms with E-state index in [1.165, 1.54) is 22.4 Å². The van der Waals surface area contributed by atoms with Crippen LogP contribution in [-0.2, 0) is 13.0 Å². The SMILES string of the molecule is CNc1cccc(CN(C)CCc2ccccc2C)c1. The van der Waals surface area contributed by atoms with Crippen LogP contribution in [0.15, 0.2) is 48.5 Å². The molecule has 0 saturated carbocycles. The average molecular weight is 268 g/mol. The van der Waals surface area contributed by atoms with Crippen LogP contribution in [0.2, 0.25) is 0 Å². The first kappa shape index (κ1) is 14.6. The molecule has 0 spiro atoms. The Morgan fingerprint density at radius 2 is 1.85 bits per heavy atom. The Bertz CT molecular complexity index is 549. The van der Waals surface area contributed by atoms with Gasteiger partial charge in [-0.3, -0.25) is 0 Å². The number of nitrogens with one attached hydrogen (secondary N) is 1. The van der Waals surface area contributed by atoms with Crippen molar-refractivity contribution in [3.8, 4) is 0 Å². The van der Waals surface area contributed by atoms with E-state index in [2.05, 4.69) is 72.7 Å². The maximum atomic E-state index is 3.19. The fourth-order valence-corrected chi connectivity index (χ4v) is 2.42. The fourth-order valence-electron chi connectivity index (χ4n) is 2.42. The van der Waals surface area contributed by atoms with E-state index in [1.807, 2.05) is 7.05 Å². The Balaban J connectivity index is 1.89. The van der Waals surface area contributed by atoms with Gasteiger partial charge in [0, 0.05) is 25.8 Å². The zero-order chi connectivity index (χ0) is 14.4. The highest BCUT2D eigenvalue weighted by Gasteiger charge is 2.03. The molecule has 1 N–H and O–H groups in total. The number of rotatable bonds is 6. The summed E-state index contributed by atoms with van der Waals surface area (Å²) in [5.41, 5.74) is 5.36. The molecule has 0 amide bonds. The van der Waals surface area contributed by atoms with Crippen LogP contribution in [0.4, 0.5) is 5.69 Å². The average Bonchev–Trinajstić information content (AvgIpc) is 2.46. The van der Waals surface area contributed by atoms with Gasteiger partial charge in [-0.25, -0.2) is 0 Å². The highest BCUT2D eigenvalue weighted by molar-refractivity contribution is 5.44. The molecule has 0 fully saturated rings. The molecule has 2 aromatic carbocycles. The maximum Gasteiger partial charge on any atom is 0.0340 e. The first-order valence-corrected chi connectivity index (χ1v) is 7.19. The largest absolute Gasteiger partial charge is 0.388 e. The molecule has 0 saturated heterocycles. The van der Waals surface area contributed by atoms with Gasteiger partial charge >= 0.3 is 0 Å². The van der Waals surface area contributed by atoms with Crippen molar-refractivity contribution < 1.29 is 0 Å². The van der Waals surface area contributed by atoms with Gasteiger partial charge < -0.3 is 10.2 Å². The molecule has 2 heteroatoms. The molecule has 106 valence electrons. The molecular weight excluding hydrogens is 244 g/mol. The Hall–Kier alpha value is -1.80. The molecule has 0 atom stereocenters. The van der Waals surface area contributed by atoms with Crippen molar-refractivity contribution in [2.75, 3.05) is 26.0 Å². The molecule has 2 aromatic rings. The minimum atomic E-state index is 0.988. The summed E-state index contributed by atoms with van der Waals surface area (Å²) in [5, 5.41) is 3.19. The van der Waals surface area contributed by atoms with Gasteiger partial charge in [0.05, 0.1) is 0 Å². The second kappa shape index (κ2) is 7.11. The standard InChI is InChI=1S/C18H24N2/c1-15-7-4-5-9-17(15)11-12-20(3)14-16-8-6-10-18(13-16)19-2/h4-10,13,19H,11-12,14H2,1-3H3. The van der Waals surface area contributed by atoms with E-state index in [0.29, 0.717) is 0 Å². The Morgan fingerprint density at radius 3 is 2.60 bits per heavy atom. The second-order valence-corrected chi connectivity index (χ2v) is 5.36. The monoisotopic (exact) mass is 268 g/mol. The lowest BCUT2D eigenvalue weighted by atomic mass is 10.1. The molecule has 0 unspecified atom stereocenters. The number of nitrogens with zero attached hydrogens (tertiary/aromatic N) is 1. The lowest BCUT2D eigenvalue weighted by Gasteiger charge is -2.18. The minimum absolute atomic E-state index is 0.988. The number of anilines is 1. The number of benzene rings is 2. The lowest BCUT2D eigenvalue weighted by Crippen LogP contribution is -2.21. The normalized spacial score (nSPS) is 10.8. The van der Waals surface area contributed by atoms with Gasteiger partial charge in [0.15, 0.2) is 0 Å². The number of hydrogen-bond acceptors (Lipinski definition) is 2. The van der Waals surface area contributed by atoms with E-state index in [9.17, 15) is 0 Å². The summed E-state index contributed by atoms with van der Waals surface area (Å²) in [6, 6.07) is 17.2. The summed E-state index contributed by atoms with van der Waals surface area (Å²) in [4.78, 5) is 2.38. The molecule has 0 aliphatic heterocycles. The Kier molecular flexibility index (Phi) is 5.19. The van der Waals surface area contributed by atoms with Crippen molar-refractivity contribution in [1.29, 1.82) is 0 Å². The van der Waals surface area contributed by atoms with E-state index < -0.39 is 0 Å². The van der Waals surface area contributed by atoms with Gasteiger partial charge in [-0.2, -0.15) is 0 Å². The molecule has 2 rings (SSSR count). The topological polar surface area (TPSA) is 15.3 Å². The smallest absolute Gasteiger partial charge is 0.0340 e. The van der Waals surface area contributed by atoms with Gasteiger partial charge in [-0.15, -0.1) is 0 Å². The number of likely N-dealkylation sites (N-methyl/N-ethyl adjacent to an activating group) is 1. The van der Waals surface area contributed by atoms with Crippen LogP contribution in [0, 0.1) is 6.92 Å². The number of aryl methyl sites for hydroxylation is 1. The molecule has 0 aromatic heterocycles. The van der Waals surface area contributed by atoms with Gasteiger partial charge in [0.2, 0.25) is 0 Å². The molecule has 0 bridgehead atoms. The molecule has 0 heterocycles. The molecule has 2 nitrogen and oxygen atoms in total. The fraction of sp³-hybridized carbons (Fsp3) is 0.333. The van der Waals surface area contributed by atoms with Crippen LogP contribution in [0.3, 0.4) is 0 Å². The van der Waals surface area contributed by atoms with Gasteiger partial charge in [-0.1, -0.05) is 36.4 Å². The zero-order valence-electron chi connectivity index (χ0n) is 12.7. The number of hydrogen-bond donors (Lipinski definition) is 1. The van der Waals surface area contributed by atoms with Crippen LogP contribution in [-0.4, -0.2) is 25.5 Å². The Labute approximate surface area is 122 Å². The van der Waals surface area contributed by atoms with Crippen molar-refractivity contribution in [2.24, 2.45) is 0 Å². The predicted molar refractivity (Wildman–Crippen MR) is 87.2 cm³/mol. The zero-order valence-corrected chi connectivity index (χ0v) is 12.7. The maximum absolute atomic E-state index is 3.19. The van der Waals surface area contributed by atoms with Crippen LogP contribution in [0.5, 0.6) is 0 Å². The molecule has 0 aliphatic rings. The summed E-state index contributed by atoms with van der Waals surface area (Å²) in [6.07, 6.45) is 1.11.